The van der Waals surface area contributed by atoms with E-state index in [-0.39, 0.29) is 10.8 Å². The van der Waals surface area contributed by atoms with Gasteiger partial charge in [0.2, 0.25) is 10.0 Å². The molecular formula is C25H26N2O4S2. The van der Waals surface area contributed by atoms with Crippen molar-refractivity contribution in [3.8, 4) is 5.75 Å². The highest BCUT2D eigenvalue weighted by Gasteiger charge is 2.30. The van der Waals surface area contributed by atoms with Crippen LogP contribution in [0, 0.1) is 0 Å². The zero-order chi connectivity index (χ0) is 22.8. The molecule has 6 nitrogen and oxygen atoms in total. The molecule has 0 saturated carbocycles. The minimum absolute atomic E-state index is 0.0551. The first kappa shape index (κ1) is 22.1. The van der Waals surface area contributed by atoms with Crippen molar-refractivity contribution >= 4 is 27.3 Å². The van der Waals surface area contributed by atoms with E-state index in [1.54, 1.807) is 35.2 Å². The number of aryl methyl sites for hydroxylation is 2. The van der Waals surface area contributed by atoms with E-state index >= 15 is 0 Å². The maximum Gasteiger partial charge on any atom is 0.264 e. The molecule has 172 valence electrons. The average Bonchev–Trinajstić information content (AvgIpc) is 3.52. The molecule has 5 rings (SSSR count). The van der Waals surface area contributed by atoms with Crippen LogP contribution in [0.4, 0.5) is 0 Å². The molecule has 1 aliphatic carbocycles. The van der Waals surface area contributed by atoms with Gasteiger partial charge in [0, 0.05) is 31.7 Å². The smallest absolute Gasteiger partial charge is 0.264 e. The Labute approximate surface area is 198 Å². The van der Waals surface area contributed by atoms with Gasteiger partial charge in [0.1, 0.15) is 12.4 Å². The van der Waals surface area contributed by atoms with Gasteiger partial charge >= 0.3 is 0 Å². The topological polar surface area (TPSA) is 66.9 Å². The zero-order valence-electron chi connectivity index (χ0n) is 18.3. The second kappa shape index (κ2) is 9.29. The van der Waals surface area contributed by atoms with Crippen LogP contribution in [0.25, 0.3) is 0 Å². The molecule has 0 bridgehead atoms. The Balaban J connectivity index is 1.17. The standard InChI is InChI=1S/C25H26N2O4S2/c28-25(26-11-13-27(14-12-26)33(29,30)23-7-2-1-3-8-23)24-15-19(18-32-24)17-31-22-10-9-20-5-4-6-21(20)16-22/h1-3,7-10,15-16,18H,4-6,11-14,17H2. The monoisotopic (exact) mass is 482 g/mol. The molecule has 0 radical (unpaired) electrons. The minimum atomic E-state index is -3.53. The van der Waals surface area contributed by atoms with Gasteiger partial charge in [-0.15, -0.1) is 11.3 Å². The highest BCUT2D eigenvalue weighted by molar-refractivity contribution is 7.89. The van der Waals surface area contributed by atoms with Gasteiger partial charge in [0.05, 0.1) is 9.77 Å². The lowest BCUT2D eigenvalue weighted by atomic mass is 10.1. The summed E-state index contributed by atoms with van der Waals surface area (Å²) >= 11 is 1.41. The van der Waals surface area contributed by atoms with Crippen LogP contribution >= 0.6 is 11.3 Å². The van der Waals surface area contributed by atoms with Gasteiger partial charge in [-0.05, 0) is 66.1 Å². The van der Waals surface area contributed by atoms with E-state index in [1.165, 1.54) is 33.2 Å². The number of amides is 1. The van der Waals surface area contributed by atoms with Gasteiger partial charge in [-0.3, -0.25) is 4.79 Å². The lowest BCUT2D eigenvalue weighted by molar-refractivity contribution is 0.0702. The number of sulfonamides is 1. The van der Waals surface area contributed by atoms with E-state index in [9.17, 15) is 13.2 Å². The second-order valence-corrected chi connectivity index (χ2v) is 11.3. The van der Waals surface area contributed by atoms with E-state index in [0.717, 1.165) is 24.2 Å². The minimum Gasteiger partial charge on any atom is -0.489 e. The van der Waals surface area contributed by atoms with Crippen LogP contribution in [0.3, 0.4) is 0 Å². The Kier molecular flexibility index (Phi) is 6.23. The summed E-state index contributed by atoms with van der Waals surface area (Å²) in [6.07, 6.45) is 3.48. The first-order valence-corrected chi connectivity index (χ1v) is 13.5. The Morgan fingerprint density at radius 2 is 1.70 bits per heavy atom. The molecule has 8 heteroatoms. The summed E-state index contributed by atoms with van der Waals surface area (Å²) in [5.74, 6) is 0.811. The molecule has 0 unspecified atom stereocenters. The number of thiophene rings is 1. The summed E-state index contributed by atoms with van der Waals surface area (Å²) in [7, 11) is -3.53. The number of carbonyl (C=O) groups is 1. The predicted octanol–water partition coefficient (Wildman–Crippen LogP) is 3.96. The number of piperazine rings is 1. The molecule has 1 fully saturated rings. The first-order valence-electron chi connectivity index (χ1n) is 11.2. The number of fused-ring (bicyclic) bond motifs is 1. The number of nitrogens with zero attached hydrogens (tertiary/aromatic N) is 2. The van der Waals surface area contributed by atoms with Crippen molar-refractivity contribution in [2.45, 2.75) is 30.8 Å². The number of hydrogen-bond donors (Lipinski definition) is 0. The zero-order valence-corrected chi connectivity index (χ0v) is 19.9. The van der Waals surface area contributed by atoms with Gasteiger partial charge in [-0.2, -0.15) is 4.31 Å². The summed E-state index contributed by atoms with van der Waals surface area (Å²) in [4.78, 5) is 15.6. The van der Waals surface area contributed by atoms with E-state index in [4.69, 9.17) is 4.74 Å². The fraction of sp³-hybridized carbons (Fsp3) is 0.320. The third-order valence-electron chi connectivity index (χ3n) is 6.25. The molecule has 0 spiro atoms. The average molecular weight is 483 g/mol. The fourth-order valence-electron chi connectivity index (χ4n) is 4.40. The van der Waals surface area contributed by atoms with Gasteiger partial charge in [-0.1, -0.05) is 24.3 Å². The van der Waals surface area contributed by atoms with E-state index in [2.05, 4.69) is 12.1 Å². The van der Waals surface area contributed by atoms with Crippen molar-refractivity contribution in [1.82, 2.24) is 9.21 Å². The SMILES string of the molecule is O=C(c1cc(COc2ccc3c(c2)CCC3)cs1)N1CCN(S(=O)(=O)c2ccccc2)CC1. The summed E-state index contributed by atoms with van der Waals surface area (Å²) in [6, 6.07) is 16.6. The van der Waals surface area contributed by atoms with E-state index in [1.807, 2.05) is 17.5 Å². The highest BCUT2D eigenvalue weighted by Crippen LogP contribution is 2.27. The predicted molar refractivity (Wildman–Crippen MR) is 128 cm³/mol. The van der Waals surface area contributed by atoms with Gasteiger partial charge in [0.15, 0.2) is 0 Å². The fourth-order valence-corrected chi connectivity index (χ4v) is 6.70. The van der Waals surface area contributed by atoms with Crippen molar-refractivity contribution in [3.63, 3.8) is 0 Å². The molecule has 2 aliphatic rings. The maximum absolute atomic E-state index is 13.0. The third-order valence-corrected chi connectivity index (χ3v) is 9.13. The lowest BCUT2D eigenvalue weighted by Gasteiger charge is -2.33. The van der Waals surface area contributed by atoms with Gasteiger partial charge < -0.3 is 9.64 Å². The largest absolute Gasteiger partial charge is 0.489 e. The number of benzene rings is 2. The molecule has 0 N–H and O–H groups in total. The molecule has 3 aromatic rings. The highest BCUT2D eigenvalue weighted by atomic mass is 32.2. The molecule has 2 aromatic carbocycles. The van der Waals surface area contributed by atoms with Crippen molar-refractivity contribution in [2.24, 2.45) is 0 Å². The van der Waals surface area contributed by atoms with Gasteiger partial charge in [0.25, 0.3) is 5.91 Å². The molecule has 1 aromatic heterocycles. The lowest BCUT2D eigenvalue weighted by Crippen LogP contribution is -2.50. The van der Waals surface area contributed by atoms with Crippen LogP contribution in [-0.4, -0.2) is 49.7 Å². The number of carbonyl (C=O) groups excluding carboxylic acids is 1. The van der Waals surface area contributed by atoms with Crippen molar-refractivity contribution in [2.75, 3.05) is 26.2 Å². The molecule has 1 aliphatic heterocycles. The summed E-state index contributed by atoms with van der Waals surface area (Å²) < 4.78 is 33.0. The van der Waals surface area contributed by atoms with Crippen molar-refractivity contribution in [3.05, 3.63) is 81.5 Å². The van der Waals surface area contributed by atoms with Crippen LogP contribution in [0.15, 0.2) is 64.9 Å². The first-order chi connectivity index (χ1) is 16.0. The van der Waals surface area contributed by atoms with Crippen LogP contribution in [0.2, 0.25) is 0 Å². The van der Waals surface area contributed by atoms with Gasteiger partial charge in [-0.25, -0.2) is 8.42 Å². The summed E-state index contributed by atoms with van der Waals surface area (Å²) in [6.45, 7) is 1.77. The molecule has 2 heterocycles. The Morgan fingerprint density at radius 1 is 0.939 bits per heavy atom. The normalized spacial score (nSPS) is 16.5. The summed E-state index contributed by atoms with van der Waals surface area (Å²) in [5, 5.41) is 1.96. The molecule has 0 atom stereocenters. The molecule has 1 saturated heterocycles. The second-order valence-electron chi connectivity index (χ2n) is 8.40. The van der Waals surface area contributed by atoms with Crippen LogP contribution in [0.5, 0.6) is 5.75 Å². The Morgan fingerprint density at radius 3 is 2.48 bits per heavy atom. The number of rotatable bonds is 6. The van der Waals surface area contributed by atoms with E-state index in [0.29, 0.717) is 37.7 Å². The Hall–Kier alpha value is -2.68. The van der Waals surface area contributed by atoms with Crippen molar-refractivity contribution in [1.29, 1.82) is 0 Å². The quantitative estimate of drug-likeness (QED) is 0.533. The third kappa shape index (κ3) is 4.69. The molecular weight excluding hydrogens is 456 g/mol. The summed E-state index contributed by atoms with van der Waals surface area (Å²) in [5.41, 5.74) is 3.76. The Bertz CT molecular complexity index is 1250. The number of hydrogen-bond acceptors (Lipinski definition) is 5. The number of ether oxygens (including phenoxy) is 1. The van der Waals surface area contributed by atoms with Crippen LogP contribution in [-0.2, 0) is 29.5 Å². The van der Waals surface area contributed by atoms with Crippen molar-refractivity contribution < 1.29 is 17.9 Å². The maximum atomic E-state index is 13.0. The van der Waals surface area contributed by atoms with Crippen LogP contribution < -0.4 is 4.74 Å². The van der Waals surface area contributed by atoms with E-state index < -0.39 is 10.0 Å². The molecule has 1 amide bonds. The van der Waals surface area contributed by atoms with Crippen LogP contribution in [0.1, 0.15) is 32.8 Å². The molecule has 33 heavy (non-hydrogen) atoms.